The van der Waals surface area contributed by atoms with E-state index in [9.17, 15) is 9.59 Å². The van der Waals surface area contributed by atoms with Crippen molar-refractivity contribution >= 4 is 11.8 Å². The summed E-state index contributed by atoms with van der Waals surface area (Å²) in [5.74, 6) is 0.990. The molecule has 3 rings (SSSR count). The molecule has 0 spiro atoms. The van der Waals surface area contributed by atoms with Gasteiger partial charge >= 0.3 is 0 Å². The average molecular weight is 292 g/mol. The first-order valence-corrected chi connectivity index (χ1v) is 8.73. The van der Waals surface area contributed by atoms with Crippen LogP contribution >= 0.6 is 0 Å². The highest BCUT2D eigenvalue weighted by atomic mass is 16.2. The Hall–Kier alpha value is -1.06. The number of hydrogen-bond acceptors (Lipinski definition) is 2. The van der Waals surface area contributed by atoms with Gasteiger partial charge in [0, 0.05) is 25.0 Å². The number of amides is 2. The molecule has 2 saturated carbocycles. The standard InChI is InChI=1S/C17H28N2O2/c1-12-6-8-14(9-7-12)18-17(21)13-10-16(20)19(11-13)15-4-2-3-5-15/h12-15H,2-11H2,1H3,(H,18,21)/t12?,13-,14?/m0/s1. The van der Waals surface area contributed by atoms with Crippen LogP contribution in [0.5, 0.6) is 0 Å². The average Bonchev–Trinajstić information content (AvgIpc) is 3.10. The van der Waals surface area contributed by atoms with Gasteiger partial charge in [0.1, 0.15) is 0 Å². The number of nitrogens with zero attached hydrogens (tertiary/aromatic N) is 1. The second-order valence-corrected chi connectivity index (χ2v) is 7.35. The Balaban J connectivity index is 1.50. The minimum Gasteiger partial charge on any atom is -0.353 e. The van der Waals surface area contributed by atoms with Crippen molar-refractivity contribution in [2.24, 2.45) is 11.8 Å². The van der Waals surface area contributed by atoms with Crippen LogP contribution in [0.2, 0.25) is 0 Å². The van der Waals surface area contributed by atoms with Gasteiger partial charge in [-0.2, -0.15) is 0 Å². The normalized spacial score (nSPS) is 34.4. The predicted molar refractivity (Wildman–Crippen MR) is 81.6 cm³/mol. The summed E-state index contributed by atoms with van der Waals surface area (Å²) in [6, 6.07) is 0.746. The van der Waals surface area contributed by atoms with Crippen molar-refractivity contribution in [1.82, 2.24) is 10.2 Å². The lowest BCUT2D eigenvalue weighted by Crippen LogP contribution is -2.42. The Morgan fingerprint density at radius 1 is 1.10 bits per heavy atom. The van der Waals surface area contributed by atoms with Crippen molar-refractivity contribution < 1.29 is 9.59 Å². The minimum atomic E-state index is -0.113. The zero-order chi connectivity index (χ0) is 14.8. The van der Waals surface area contributed by atoms with E-state index in [0.29, 0.717) is 25.0 Å². The summed E-state index contributed by atoms with van der Waals surface area (Å²) >= 11 is 0. The lowest BCUT2D eigenvalue weighted by Gasteiger charge is -2.28. The molecule has 0 aromatic heterocycles. The molecule has 0 aromatic rings. The van der Waals surface area contributed by atoms with Crippen molar-refractivity contribution in [1.29, 1.82) is 0 Å². The molecule has 1 saturated heterocycles. The van der Waals surface area contributed by atoms with Crippen LogP contribution in [-0.4, -0.2) is 35.3 Å². The zero-order valence-electron chi connectivity index (χ0n) is 13.1. The molecule has 2 amide bonds. The highest BCUT2D eigenvalue weighted by Gasteiger charge is 2.39. The first kappa shape index (κ1) is 14.9. The molecule has 3 fully saturated rings. The predicted octanol–water partition coefficient (Wildman–Crippen LogP) is 2.47. The van der Waals surface area contributed by atoms with Crippen molar-refractivity contribution in [3.63, 3.8) is 0 Å². The second kappa shape index (κ2) is 6.37. The minimum absolute atomic E-state index is 0.113. The van der Waals surface area contributed by atoms with Gasteiger partial charge in [0.25, 0.3) is 0 Å². The fourth-order valence-electron chi connectivity index (χ4n) is 4.20. The number of hydrogen-bond donors (Lipinski definition) is 1. The van der Waals surface area contributed by atoms with E-state index in [1.165, 1.54) is 25.7 Å². The van der Waals surface area contributed by atoms with Crippen LogP contribution in [0.15, 0.2) is 0 Å². The summed E-state index contributed by atoms with van der Waals surface area (Å²) in [4.78, 5) is 26.6. The largest absolute Gasteiger partial charge is 0.353 e. The number of nitrogens with one attached hydrogen (secondary N) is 1. The summed E-state index contributed by atoms with van der Waals surface area (Å²) in [7, 11) is 0. The SMILES string of the molecule is CC1CCC(NC(=O)[C@H]2CC(=O)N(C3CCCC3)C2)CC1. The summed E-state index contributed by atoms with van der Waals surface area (Å²) in [6.07, 6.45) is 9.75. The summed E-state index contributed by atoms with van der Waals surface area (Å²) < 4.78 is 0. The van der Waals surface area contributed by atoms with Crippen LogP contribution < -0.4 is 5.32 Å². The second-order valence-electron chi connectivity index (χ2n) is 7.35. The lowest BCUT2D eigenvalue weighted by molar-refractivity contribution is -0.130. The first-order valence-electron chi connectivity index (χ1n) is 8.73. The molecule has 1 heterocycles. The van der Waals surface area contributed by atoms with Crippen LogP contribution in [0.3, 0.4) is 0 Å². The molecule has 1 atom stereocenters. The van der Waals surface area contributed by atoms with E-state index < -0.39 is 0 Å². The molecule has 118 valence electrons. The number of likely N-dealkylation sites (tertiary alicyclic amines) is 1. The highest BCUT2D eigenvalue weighted by Crippen LogP contribution is 2.30. The van der Waals surface area contributed by atoms with Crippen LogP contribution in [0.1, 0.15) is 64.7 Å². The van der Waals surface area contributed by atoms with Crippen LogP contribution in [0, 0.1) is 11.8 Å². The number of carbonyl (C=O) groups is 2. The van der Waals surface area contributed by atoms with Gasteiger partial charge in [-0.05, 0) is 44.4 Å². The van der Waals surface area contributed by atoms with Crippen molar-refractivity contribution in [2.75, 3.05) is 6.54 Å². The highest BCUT2D eigenvalue weighted by molar-refractivity contribution is 5.89. The van der Waals surface area contributed by atoms with Crippen molar-refractivity contribution in [3.05, 3.63) is 0 Å². The van der Waals surface area contributed by atoms with Gasteiger partial charge in [-0.25, -0.2) is 0 Å². The zero-order valence-corrected chi connectivity index (χ0v) is 13.1. The Morgan fingerprint density at radius 2 is 1.76 bits per heavy atom. The number of rotatable bonds is 3. The molecule has 0 bridgehead atoms. The molecule has 0 aromatic carbocycles. The fraction of sp³-hybridized carbons (Fsp3) is 0.882. The lowest BCUT2D eigenvalue weighted by atomic mass is 9.87. The third kappa shape index (κ3) is 3.41. The number of carbonyl (C=O) groups excluding carboxylic acids is 2. The molecule has 1 N–H and O–H groups in total. The van der Waals surface area contributed by atoms with Gasteiger partial charge in [-0.1, -0.05) is 19.8 Å². The molecule has 4 nitrogen and oxygen atoms in total. The summed E-state index contributed by atoms with van der Waals surface area (Å²) in [6.45, 7) is 2.94. The van der Waals surface area contributed by atoms with E-state index in [-0.39, 0.29) is 17.7 Å². The van der Waals surface area contributed by atoms with Gasteiger partial charge in [0.2, 0.25) is 11.8 Å². The molecule has 3 aliphatic rings. The molecule has 4 heteroatoms. The maximum atomic E-state index is 12.4. The van der Waals surface area contributed by atoms with Gasteiger partial charge in [0.15, 0.2) is 0 Å². The molecule has 1 aliphatic heterocycles. The smallest absolute Gasteiger partial charge is 0.225 e. The quantitative estimate of drug-likeness (QED) is 0.868. The maximum absolute atomic E-state index is 12.4. The maximum Gasteiger partial charge on any atom is 0.225 e. The van der Waals surface area contributed by atoms with Crippen molar-refractivity contribution in [3.8, 4) is 0 Å². The molecule has 2 aliphatic carbocycles. The summed E-state index contributed by atoms with van der Waals surface area (Å²) in [5.41, 5.74) is 0. The van der Waals surface area contributed by atoms with Gasteiger partial charge in [-0.3, -0.25) is 9.59 Å². The first-order chi connectivity index (χ1) is 10.1. The molecular weight excluding hydrogens is 264 g/mol. The van der Waals surface area contributed by atoms with Gasteiger partial charge in [0.05, 0.1) is 5.92 Å². The van der Waals surface area contributed by atoms with E-state index in [0.717, 1.165) is 31.6 Å². The monoisotopic (exact) mass is 292 g/mol. The van der Waals surface area contributed by atoms with E-state index in [2.05, 4.69) is 12.2 Å². The van der Waals surface area contributed by atoms with E-state index in [1.807, 2.05) is 4.90 Å². The summed E-state index contributed by atoms with van der Waals surface area (Å²) in [5, 5.41) is 3.20. The molecule has 21 heavy (non-hydrogen) atoms. The van der Waals surface area contributed by atoms with Gasteiger partial charge in [-0.15, -0.1) is 0 Å². The molecule has 0 unspecified atom stereocenters. The molecular formula is C17H28N2O2. The molecule has 0 radical (unpaired) electrons. The van der Waals surface area contributed by atoms with Crippen LogP contribution in [0.25, 0.3) is 0 Å². The van der Waals surface area contributed by atoms with E-state index >= 15 is 0 Å². The Morgan fingerprint density at radius 3 is 2.43 bits per heavy atom. The van der Waals surface area contributed by atoms with Crippen LogP contribution in [0.4, 0.5) is 0 Å². The Kier molecular flexibility index (Phi) is 4.51. The fourth-order valence-corrected chi connectivity index (χ4v) is 4.20. The third-order valence-electron chi connectivity index (χ3n) is 5.66. The topological polar surface area (TPSA) is 49.4 Å². The van der Waals surface area contributed by atoms with Gasteiger partial charge < -0.3 is 10.2 Å². The Bertz CT molecular complexity index is 396. The van der Waals surface area contributed by atoms with Crippen LogP contribution in [-0.2, 0) is 9.59 Å². The third-order valence-corrected chi connectivity index (χ3v) is 5.66. The van der Waals surface area contributed by atoms with Crippen molar-refractivity contribution in [2.45, 2.75) is 76.8 Å². The van der Waals surface area contributed by atoms with E-state index in [1.54, 1.807) is 0 Å². The Labute approximate surface area is 127 Å². The van der Waals surface area contributed by atoms with E-state index in [4.69, 9.17) is 0 Å².